The SMILES string of the molecule is CN1CCN(c2ccc(-c3ccc(N4CC(CO)OC4=O)cc3)cn2)C1=O. The van der Waals surface area contributed by atoms with E-state index in [0.717, 1.165) is 16.8 Å². The van der Waals surface area contributed by atoms with Gasteiger partial charge in [-0.2, -0.15) is 0 Å². The number of anilines is 2. The molecule has 2 saturated heterocycles. The largest absolute Gasteiger partial charge is 0.441 e. The van der Waals surface area contributed by atoms with Gasteiger partial charge in [0.1, 0.15) is 11.9 Å². The quantitative estimate of drug-likeness (QED) is 0.891. The van der Waals surface area contributed by atoms with Gasteiger partial charge in [-0.1, -0.05) is 12.1 Å². The van der Waals surface area contributed by atoms with Crippen molar-refractivity contribution >= 4 is 23.6 Å². The molecule has 8 nitrogen and oxygen atoms in total. The molecular formula is C19H20N4O4. The van der Waals surface area contributed by atoms with Gasteiger partial charge < -0.3 is 14.7 Å². The van der Waals surface area contributed by atoms with Crippen molar-refractivity contribution in [3.63, 3.8) is 0 Å². The lowest BCUT2D eigenvalue weighted by molar-refractivity contribution is 0.0963. The smallest absolute Gasteiger partial charge is 0.414 e. The van der Waals surface area contributed by atoms with E-state index in [0.29, 0.717) is 25.5 Å². The molecule has 0 radical (unpaired) electrons. The number of hydrogen-bond acceptors (Lipinski definition) is 5. The number of carbonyl (C=O) groups is 2. The van der Waals surface area contributed by atoms with Crippen molar-refractivity contribution in [1.82, 2.24) is 9.88 Å². The first-order chi connectivity index (χ1) is 13.1. The van der Waals surface area contributed by atoms with E-state index in [4.69, 9.17) is 9.84 Å². The van der Waals surface area contributed by atoms with Crippen LogP contribution in [0.15, 0.2) is 42.6 Å². The molecule has 2 aromatic rings. The van der Waals surface area contributed by atoms with Crippen molar-refractivity contribution in [3.8, 4) is 11.1 Å². The zero-order chi connectivity index (χ0) is 19.0. The lowest BCUT2D eigenvalue weighted by Gasteiger charge is -2.15. The first-order valence-electron chi connectivity index (χ1n) is 8.75. The maximum absolute atomic E-state index is 12.0. The number of carbonyl (C=O) groups excluding carboxylic acids is 2. The second kappa shape index (κ2) is 6.88. The molecule has 0 bridgehead atoms. The Kier molecular flexibility index (Phi) is 4.41. The summed E-state index contributed by atoms with van der Waals surface area (Å²) >= 11 is 0. The van der Waals surface area contributed by atoms with E-state index in [1.807, 2.05) is 36.4 Å². The lowest BCUT2D eigenvalue weighted by atomic mass is 10.1. The van der Waals surface area contributed by atoms with Gasteiger partial charge in [-0.15, -0.1) is 0 Å². The van der Waals surface area contributed by atoms with Gasteiger partial charge in [0, 0.05) is 37.6 Å². The Morgan fingerprint density at radius 1 is 1.07 bits per heavy atom. The Labute approximate surface area is 156 Å². The molecule has 1 aromatic heterocycles. The van der Waals surface area contributed by atoms with Crippen LogP contribution in [0.5, 0.6) is 0 Å². The fraction of sp³-hybridized carbons (Fsp3) is 0.316. The minimum absolute atomic E-state index is 0.0433. The summed E-state index contributed by atoms with van der Waals surface area (Å²) in [5, 5.41) is 9.14. The molecule has 1 N–H and O–H groups in total. The number of hydrogen-bond donors (Lipinski definition) is 1. The Morgan fingerprint density at radius 3 is 2.37 bits per heavy atom. The minimum Gasteiger partial charge on any atom is -0.441 e. The van der Waals surface area contributed by atoms with Crippen molar-refractivity contribution in [2.45, 2.75) is 6.10 Å². The van der Waals surface area contributed by atoms with Crippen molar-refractivity contribution < 1.29 is 19.4 Å². The lowest BCUT2D eigenvalue weighted by Crippen LogP contribution is -2.29. The number of urea groups is 1. The van der Waals surface area contributed by atoms with E-state index < -0.39 is 12.2 Å². The summed E-state index contributed by atoms with van der Waals surface area (Å²) in [4.78, 5) is 33.2. The average Bonchev–Trinajstić information content (AvgIpc) is 3.24. The fourth-order valence-corrected chi connectivity index (χ4v) is 3.24. The topological polar surface area (TPSA) is 86.2 Å². The first kappa shape index (κ1) is 17.3. The molecular weight excluding hydrogens is 348 g/mol. The number of cyclic esters (lactones) is 1. The second-order valence-corrected chi connectivity index (χ2v) is 6.61. The highest BCUT2D eigenvalue weighted by Crippen LogP contribution is 2.27. The highest BCUT2D eigenvalue weighted by Gasteiger charge is 2.31. The van der Waals surface area contributed by atoms with E-state index in [-0.39, 0.29) is 12.6 Å². The summed E-state index contributed by atoms with van der Waals surface area (Å²) in [6.07, 6.45) is 0.802. The van der Waals surface area contributed by atoms with Crippen molar-refractivity contribution in [2.24, 2.45) is 0 Å². The molecule has 4 rings (SSSR count). The molecule has 3 amide bonds. The second-order valence-electron chi connectivity index (χ2n) is 6.61. The number of likely N-dealkylation sites (N-methyl/N-ethyl adjacent to an activating group) is 1. The number of aromatic nitrogens is 1. The van der Waals surface area contributed by atoms with Crippen LogP contribution in [0, 0.1) is 0 Å². The summed E-state index contributed by atoms with van der Waals surface area (Å²) in [7, 11) is 1.77. The van der Waals surface area contributed by atoms with Crippen LogP contribution in [0.4, 0.5) is 21.1 Å². The highest BCUT2D eigenvalue weighted by atomic mass is 16.6. The molecule has 1 unspecified atom stereocenters. The minimum atomic E-state index is -0.485. The molecule has 0 saturated carbocycles. The van der Waals surface area contributed by atoms with Crippen LogP contribution in [0.1, 0.15) is 0 Å². The predicted octanol–water partition coefficient (Wildman–Crippen LogP) is 1.94. The Bertz CT molecular complexity index is 853. The summed E-state index contributed by atoms with van der Waals surface area (Å²) in [5.41, 5.74) is 2.59. The van der Waals surface area contributed by atoms with Crippen LogP contribution in [-0.4, -0.2) is 66.5 Å². The van der Waals surface area contributed by atoms with Gasteiger partial charge in [0.15, 0.2) is 0 Å². The van der Waals surface area contributed by atoms with Crippen LogP contribution in [0.2, 0.25) is 0 Å². The van der Waals surface area contributed by atoms with Gasteiger partial charge in [0.2, 0.25) is 0 Å². The monoisotopic (exact) mass is 368 g/mol. The molecule has 2 aliphatic heterocycles. The van der Waals surface area contributed by atoms with Gasteiger partial charge in [0.25, 0.3) is 0 Å². The number of pyridine rings is 1. The van der Waals surface area contributed by atoms with E-state index in [1.54, 1.807) is 23.0 Å². The number of benzene rings is 1. The fourth-order valence-electron chi connectivity index (χ4n) is 3.24. The van der Waals surface area contributed by atoms with Crippen LogP contribution in [0.25, 0.3) is 11.1 Å². The Balaban J connectivity index is 1.49. The van der Waals surface area contributed by atoms with Gasteiger partial charge in [-0.25, -0.2) is 14.6 Å². The van der Waals surface area contributed by atoms with E-state index in [1.165, 1.54) is 4.90 Å². The normalized spacial score (nSPS) is 19.8. The first-order valence-corrected chi connectivity index (χ1v) is 8.75. The summed E-state index contributed by atoms with van der Waals surface area (Å²) in [5.74, 6) is 0.638. The maximum atomic E-state index is 12.0. The molecule has 1 atom stereocenters. The standard InChI is InChI=1S/C19H20N4O4/c1-21-8-9-22(18(21)25)17-7-4-14(10-20-17)13-2-5-15(6-3-13)23-11-16(12-24)27-19(23)26/h2-7,10,16,24H,8-9,11-12H2,1H3. The number of ether oxygens (including phenoxy) is 1. The number of aliphatic hydroxyl groups excluding tert-OH is 1. The molecule has 0 spiro atoms. The summed E-state index contributed by atoms with van der Waals surface area (Å²) < 4.78 is 5.06. The van der Waals surface area contributed by atoms with E-state index in [9.17, 15) is 9.59 Å². The summed E-state index contributed by atoms with van der Waals surface area (Å²) in [6.45, 7) is 1.48. The van der Waals surface area contributed by atoms with Crippen molar-refractivity contribution in [3.05, 3.63) is 42.6 Å². The zero-order valence-electron chi connectivity index (χ0n) is 14.9. The van der Waals surface area contributed by atoms with Crippen LogP contribution in [-0.2, 0) is 4.74 Å². The molecule has 2 aliphatic rings. The number of aliphatic hydroxyl groups is 1. The predicted molar refractivity (Wildman–Crippen MR) is 99.7 cm³/mol. The number of rotatable bonds is 4. The Morgan fingerprint density at radius 2 is 1.81 bits per heavy atom. The van der Waals surface area contributed by atoms with Crippen LogP contribution >= 0.6 is 0 Å². The summed E-state index contributed by atoms with van der Waals surface area (Å²) in [6, 6.07) is 11.2. The average molecular weight is 368 g/mol. The molecule has 3 heterocycles. The maximum Gasteiger partial charge on any atom is 0.414 e. The van der Waals surface area contributed by atoms with Gasteiger partial charge >= 0.3 is 12.1 Å². The number of amides is 3. The van der Waals surface area contributed by atoms with Crippen LogP contribution < -0.4 is 9.80 Å². The zero-order valence-corrected chi connectivity index (χ0v) is 14.9. The highest BCUT2D eigenvalue weighted by molar-refractivity contribution is 5.93. The molecule has 0 aliphatic carbocycles. The molecule has 8 heteroatoms. The van der Waals surface area contributed by atoms with Crippen molar-refractivity contribution in [2.75, 3.05) is 43.1 Å². The van der Waals surface area contributed by atoms with E-state index >= 15 is 0 Å². The van der Waals surface area contributed by atoms with Crippen molar-refractivity contribution in [1.29, 1.82) is 0 Å². The molecule has 27 heavy (non-hydrogen) atoms. The third-order valence-electron chi connectivity index (χ3n) is 4.83. The third kappa shape index (κ3) is 3.19. The number of nitrogens with zero attached hydrogens (tertiary/aromatic N) is 4. The van der Waals surface area contributed by atoms with E-state index in [2.05, 4.69) is 4.98 Å². The van der Waals surface area contributed by atoms with Gasteiger partial charge in [-0.3, -0.25) is 9.80 Å². The molecule has 1 aromatic carbocycles. The third-order valence-corrected chi connectivity index (χ3v) is 4.83. The van der Waals surface area contributed by atoms with Gasteiger partial charge in [0.05, 0.1) is 13.2 Å². The van der Waals surface area contributed by atoms with Crippen LogP contribution in [0.3, 0.4) is 0 Å². The molecule has 140 valence electrons. The van der Waals surface area contributed by atoms with Gasteiger partial charge in [-0.05, 0) is 29.8 Å². The molecule has 2 fully saturated rings. The Hall–Kier alpha value is -3.13.